The molecule has 1 heterocycles. The summed E-state index contributed by atoms with van der Waals surface area (Å²) in [4.78, 5) is 14.8. The van der Waals surface area contributed by atoms with Gasteiger partial charge in [-0.05, 0) is 36.8 Å². The first-order valence-electron chi connectivity index (χ1n) is 8.09. The van der Waals surface area contributed by atoms with Gasteiger partial charge in [-0.15, -0.1) is 0 Å². The fourth-order valence-electron chi connectivity index (χ4n) is 3.05. The second-order valence-corrected chi connectivity index (χ2v) is 6.54. The van der Waals surface area contributed by atoms with Crippen molar-refractivity contribution in [3.8, 4) is 5.75 Å². The minimum atomic E-state index is -0.0870. The largest absolute Gasteiger partial charge is 0.497 e. The number of hydrogen-bond donors (Lipinski definition) is 0. The average Bonchev–Trinajstić information content (AvgIpc) is 2.97. The number of fused-ring (bicyclic) bond motifs is 1. The van der Waals surface area contributed by atoms with Crippen LogP contribution in [0.25, 0.3) is 10.9 Å². The fraction of sp³-hybridized carbons (Fsp3) is 0.250. The van der Waals surface area contributed by atoms with E-state index in [2.05, 4.69) is 0 Å². The Kier molecular flexibility index (Phi) is 4.73. The smallest absolute Gasteiger partial charge is 0.270 e. The summed E-state index contributed by atoms with van der Waals surface area (Å²) < 4.78 is 7.14. The van der Waals surface area contributed by atoms with E-state index < -0.39 is 0 Å². The highest BCUT2D eigenvalue weighted by Crippen LogP contribution is 2.29. The molecule has 1 atom stereocenters. The van der Waals surface area contributed by atoms with Crippen molar-refractivity contribution in [1.82, 2.24) is 9.47 Å². The van der Waals surface area contributed by atoms with Gasteiger partial charge in [-0.1, -0.05) is 35.9 Å². The van der Waals surface area contributed by atoms with E-state index in [1.165, 1.54) is 0 Å². The third-order valence-electron chi connectivity index (χ3n) is 4.70. The van der Waals surface area contributed by atoms with Crippen LogP contribution in [0.2, 0.25) is 5.02 Å². The SMILES string of the molecule is COc1cccc(C(C)N(C)C(=O)c2cc3cccc(Cl)c3n2C)c1. The Morgan fingerprint density at radius 2 is 1.92 bits per heavy atom. The first kappa shape index (κ1) is 17.4. The van der Waals surface area contributed by atoms with E-state index in [0.717, 1.165) is 22.2 Å². The van der Waals surface area contributed by atoms with Gasteiger partial charge in [0.25, 0.3) is 5.91 Å². The van der Waals surface area contributed by atoms with Crippen molar-refractivity contribution < 1.29 is 9.53 Å². The highest BCUT2D eigenvalue weighted by molar-refractivity contribution is 6.35. The van der Waals surface area contributed by atoms with Crippen molar-refractivity contribution in [1.29, 1.82) is 0 Å². The van der Waals surface area contributed by atoms with Gasteiger partial charge in [0.15, 0.2) is 0 Å². The van der Waals surface area contributed by atoms with Gasteiger partial charge >= 0.3 is 0 Å². The van der Waals surface area contributed by atoms with Gasteiger partial charge in [0.05, 0.1) is 23.7 Å². The van der Waals surface area contributed by atoms with Gasteiger partial charge in [-0.3, -0.25) is 4.79 Å². The third-order valence-corrected chi connectivity index (χ3v) is 5.01. The maximum Gasteiger partial charge on any atom is 0.270 e. The van der Waals surface area contributed by atoms with Gasteiger partial charge in [-0.25, -0.2) is 0 Å². The number of para-hydroxylation sites is 1. The summed E-state index contributed by atoms with van der Waals surface area (Å²) in [6, 6.07) is 15.3. The lowest BCUT2D eigenvalue weighted by atomic mass is 10.1. The van der Waals surface area contributed by atoms with Crippen LogP contribution >= 0.6 is 11.6 Å². The zero-order chi connectivity index (χ0) is 18.1. The number of ether oxygens (including phenoxy) is 1. The van der Waals surface area contributed by atoms with Crippen LogP contribution in [-0.2, 0) is 7.05 Å². The first-order chi connectivity index (χ1) is 11.9. The van der Waals surface area contributed by atoms with Crippen LogP contribution in [0.3, 0.4) is 0 Å². The molecule has 0 spiro atoms. The van der Waals surface area contributed by atoms with Crippen LogP contribution in [-0.4, -0.2) is 29.5 Å². The zero-order valence-electron chi connectivity index (χ0n) is 14.8. The fourth-order valence-corrected chi connectivity index (χ4v) is 3.36. The molecular weight excluding hydrogens is 336 g/mol. The number of aryl methyl sites for hydroxylation is 1. The lowest BCUT2D eigenvalue weighted by Gasteiger charge is -2.26. The molecule has 0 saturated heterocycles. The molecule has 5 heteroatoms. The van der Waals surface area contributed by atoms with Gasteiger partial charge in [0.1, 0.15) is 11.4 Å². The molecule has 0 aliphatic heterocycles. The number of methoxy groups -OCH3 is 1. The number of nitrogens with zero attached hydrogens (tertiary/aromatic N) is 2. The lowest BCUT2D eigenvalue weighted by Crippen LogP contribution is -2.31. The molecule has 1 unspecified atom stereocenters. The summed E-state index contributed by atoms with van der Waals surface area (Å²) in [5, 5.41) is 1.60. The molecular formula is C20H21ClN2O2. The predicted octanol–water partition coefficient (Wildman–Crippen LogP) is 4.67. The number of halogens is 1. The Balaban J connectivity index is 1.94. The van der Waals surface area contributed by atoms with Crippen molar-refractivity contribution in [2.75, 3.05) is 14.2 Å². The van der Waals surface area contributed by atoms with Gasteiger partial charge < -0.3 is 14.2 Å². The zero-order valence-corrected chi connectivity index (χ0v) is 15.5. The number of aromatic nitrogens is 1. The maximum atomic E-state index is 13.0. The van der Waals surface area contributed by atoms with Crippen LogP contribution < -0.4 is 4.74 Å². The third kappa shape index (κ3) is 3.10. The van der Waals surface area contributed by atoms with Gasteiger partial charge in [0, 0.05) is 19.5 Å². The number of rotatable bonds is 4. The second-order valence-electron chi connectivity index (χ2n) is 6.13. The molecule has 0 fully saturated rings. The summed E-state index contributed by atoms with van der Waals surface area (Å²) in [7, 11) is 5.31. The molecule has 0 N–H and O–H groups in total. The summed E-state index contributed by atoms with van der Waals surface area (Å²) >= 11 is 6.29. The molecule has 0 aliphatic carbocycles. The number of amides is 1. The molecule has 3 aromatic rings. The molecule has 130 valence electrons. The summed E-state index contributed by atoms with van der Waals surface area (Å²) in [6.45, 7) is 2.00. The molecule has 4 nitrogen and oxygen atoms in total. The molecule has 0 radical (unpaired) electrons. The van der Waals surface area contributed by atoms with Crippen LogP contribution in [0.4, 0.5) is 0 Å². The Bertz CT molecular complexity index is 933. The van der Waals surface area contributed by atoms with Crippen molar-refractivity contribution in [3.05, 3.63) is 64.8 Å². The van der Waals surface area contributed by atoms with Gasteiger partial charge in [-0.2, -0.15) is 0 Å². The minimum absolute atomic E-state index is 0.0508. The lowest BCUT2D eigenvalue weighted by molar-refractivity contribution is 0.0733. The van der Waals surface area contributed by atoms with Crippen molar-refractivity contribution in [2.45, 2.75) is 13.0 Å². The molecule has 0 aliphatic rings. The van der Waals surface area contributed by atoms with E-state index in [4.69, 9.17) is 16.3 Å². The molecule has 25 heavy (non-hydrogen) atoms. The highest BCUT2D eigenvalue weighted by atomic mass is 35.5. The van der Waals surface area contributed by atoms with Crippen molar-refractivity contribution in [3.63, 3.8) is 0 Å². The van der Waals surface area contributed by atoms with E-state index in [9.17, 15) is 4.79 Å². The Morgan fingerprint density at radius 3 is 2.60 bits per heavy atom. The quantitative estimate of drug-likeness (QED) is 0.680. The molecule has 3 rings (SSSR count). The maximum absolute atomic E-state index is 13.0. The summed E-state index contributed by atoms with van der Waals surface area (Å²) in [5.41, 5.74) is 2.50. The Hall–Kier alpha value is -2.46. The number of hydrogen-bond acceptors (Lipinski definition) is 2. The van der Waals surface area contributed by atoms with E-state index in [0.29, 0.717) is 10.7 Å². The van der Waals surface area contributed by atoms with E-state index in [1.807, 2.05) is 74.1 Å². The minimum Gasteiger partial charge on any atom is -0.497 e. The highest BCUT2D eigenvalue weighted by Gasteiger charge is 2.23. The average molecular weight is 357 g/mol. The normalized spacial score (nSPS) is 12.2. The second kappa shape index (κ2) is 6.81. The van der Waals surface area contributed by atoms with Crippen LogP contribution in [0.15, 0.2) is 48.5 Å². The van der Waals surface area contributed by atoms with Crippen molar-refractivity contribution >= 4 is 28.4 Å². The van der Waals surface area contributed by atoms with E-state index in [-0.39, 0.29) is 11.9 Å². The summed E-state index contributed by atoms with van der Waals surface area (Å²) in [5.74, 6) is 0.728. The van der Waals surface area contributed by atoms with Crippen molar-refractivity contribution in [2.24, 2.45) is 7.05 Å². The predicted molar refractivity (Wildman–Crippen MR) is 101 cm³/mol. The monoisotopic (exact) mass is 356 g/mol. The van der Waals surface area contributed by atoms with Gasteiger partial charge in [0.2, 0.25) is 0 Å². The topological polar surface area (TPSA) is 34.5 Å². The standard InChI is InChI=1S/C20H21ClN2O2/c1-13(14-7-5-9-16(11-14)25-4)22(2)20(24)18-12-15-8-6-10-17(21)19(15)23(18)3/h5-13H,1-4H3. The molecule has 0 saturated carbocycles. The summed E-state index contributed by atoms with van der Waals surface area (Å²) in [6.07, 6.45) is 0. The molecule has 1 aromatic heterocycles. The Labute approximate surface area is 152 Å². The number of benzene rings is 2. The van der Waals surface area contributed by atoms with Crippen LogP contribution in [0.5, 0.6) is 5.75 Å². The first-order valence-corrected chi connectivity index (χ1v) is 8.47. The number of carbonyl (C=O) groups excluding carboxylic acids is 1. The molecule has 2 aromatic carbocycles. The molecule has 0 bridgehead atoms. The Morgan fingerprint density at radius 1 is 1.20 bits per heavy atom. The van der Waals surface area contributed by atoms with E-state index in [1.54, 1.807) is 12.0 Å². The number of carbonyl (C=O) groups is 1. The van der Waals surface area contributed by atoms with E-state index >= 15 is 0 Å². The van der Waals surface area contributed by atoms with Crippen LogP contribution in [0, 0.1) is 0 Å². The van der Waals surface area contributed by atoms with Crippen LogP contribution in [0.1, 0.15) is 29.0 Å². The molecule has 1 amide bonds.